The number of aromatic nitrogens is 1. The molecule has 0 spiro atoms. The second-order valence-electron chi connectivity index (χ2n) is 5.75. The van der Waals surface area contributed by atoms with Crippen LogP contribution in [0.1, 0.15) is 19.4 Å². The van der Waals surface area contributed by atoms with Gasteiger partial charge in [0.1, 0.15) is 0 Å². The summed E-state index contributed by atoms with van der Waals surface area (Å²) in [5, 5.41) is 7.80. The van der Waals surface area contributed by atoms with E-state index in [1.165, 1.54) is 11.3 Å². The first-order valence-corrected chi connectivity index (χ1v) is 9.62. The summed E-state index contributed by atoms with van der Waals surface area (Å²) >= 11 is 14.0. The monoisotopic (exact) mass is 405 g/mol. The fourth-order valence-electron chi connectivity index (χ4n) is 2.23. The zero-order valence-corrected chi connectivity index (χ0v) is 16.6. The van der Waals surface area contributed by atoms with Gasteiger partial charge in [-0.15, -0.1) is 11.3 Å². The minimum atomic E-state index is -0.00472. The van der Waals surface area contributed by atoms with Crippen LogP contribution in [0.3, 0.4) is 0 Å². The summed E-state index contributed by atoms with van der Waals surface area (Å²) in [6.07, 6.45) is 1.63. The Morgan fingerprint density at radius 1 is 1.15 bits per heavy atom. The Morgan fingerprint density at radius 2 is 1.85 bits per heavy atom. The highest BCUT2D eigenvalue weighted by atomic mass is 35.5. The minimum Gasteiger partial charge on any atom is -0.488 e. The zero-order valence-electron chi connectivity index (χ0n) is 14.2. The van der Waals surface area contributed by atoms with Crippen molar-refractivity contribution < 1.29 is 4.74 Å². The molecule has 1 heterocycles. The lowest BCUT2D eigenvalue weighted by atomic mass is 10.2. The van der Waals surface area contributed by atoms with Gasteiger partial charge in [0.2, 0.25) is 5.13 Å². The lowest BCUT2D eigenvalue weighted by molar-refractivity contribution is 0.243. The quantitative estimate of drug-likeness (QED) is 0.383. The van der Waals surface area contributed by atoms with Crippen molar-refractivity contribution in [1.29, 1.82) is 0 Å². The molecule has 1 aromatic heterocycles. The second-order valence-corrected chi connectivity index (χ2v) is 7.43. The highest BCUT2D eigenvalue weighted by Crippen LogP contribution is 2.34. The summed E-state index contributed by atoms with van der Waals surface area (Å²) in [5.74, 6) is 0.487. The Labute approximate surface area is 166 Å². The Bertz CT molecular complexity index is 887. The molecule has 4 nitrogen and oxygen atoms in total. The first-order valence-electron chi connectivity index (χ1n) is 7.98. The van der Waals surface area contributed by atoms with E-state index in [0.29, 0.717) is 20.9 Å². The summed E-state index contributed by atoms with van der Waals surface area (Å²) < 4.78 is 5.62. The third kappa shape index (κ3) is 4.75. The molecule has 0 saturated heterocycles. The Kier molecular flexibility index (Phi) is 6.14. The molecule has 0 saturated carbocycles. The van der Waals surface area contributed by atoms with Gasteiger partial charge < -0.3 is 4.74 Å². The highest BCUT2D eigenvalue weighted by molar-refractivity contribution is 7.14. The summed E-state index contributed by atoms with van der Waals surface area (Å²) in [5.41, 5.74) is 5.68. The van der Waals surface area contributed by atoms with Crippen molar-refractivity contribution in [3.05, 3.63) is 63.5 Å². The fourth-order valence-corrected chi connectivity index (χ4v) is 3.49. The van der Waals surface area contributed by atoms with Crippen LogP contribution in [0.4, 0.5) is 5.13 Å². The normalized spacial score (nSPS) is 11.3. The van der Waals surface area contributed by atoms with Crippen molar-refractivity contribution in [2.45, 2.75) is 20.0 Å². The Hall–Kier alpha value is -2.08. The molecular formula is C19H17Cl2N3OS. The van der Waals surface area contributed by atoms with Crippen LogP contribution in [0.25, 0.3) is 11.3 Å². The van der Waals surface area contributed by atoms with E-state index in [9.17, 15) is 0 Å². The van der Waals surface area contributed by atoms with Crippen molar-refractivity contribution in [1.82, 2.24) is 4.98 Å². The topological polar surface area (TPSA) is 46.5 Å². The molecule has 0 radical (unpaired) electrons. The number of anilines is 1. The number of halogens is 2. The summed E-state index contributed by atoms with van der Waals surface area (Å²) in [4.78, 5) is 4.52. The van der Waals surface area contributed by atoms with E-state index >= 15 is 0 Å². The number of hydrogen-bond acceptors (Lipinski definition) is 5. The van der Waals surface area contributed by atoms with Gasteiger partial charge in [0, 0.05) is 10.9 Å². The number of nitrogens with one attached hydrogen (secondary N) is 1. The molecule has 0 aliphatic rings. The third-order valence-corrected chi connectivity index (χ3v) is 4.63. The first kappa shape index (κ1) is 18.7. The molecule has 2 aromatic carbocycles. The van der Waals surface area contributed by atoms with Crippen LogP contribution >= 0.6 is 34.5 Å². The lowest BCUT2D eigenvalue weighted by Gasteiger charge is -2.13. The van der Waals surface area contributed by atoms with Crippen molar-refractivity contribution in [2.24, 2.45) is 5.10 Å². The van der Waals surface area contributed by atoms with Gasteiger partial charge in [0.25, 0.3) is 0 Å². The first-order chi connectivity index (χ1) is 12.5. The zero-order chi connectivity index (χ0) is 18.5. The molecule has 26 heavy (non-hydrogen) atoms. The number of thiazole rings is 1. The summed E-state index contributed by atoms with van der Waals surface area (Å²) in [7, 11) is 0. The Balaban J connectivity index is 1.68. The number of hydrogen-bond donors (Lipinski definition) is 1. The van der Waals surface area contributed by atoms with Crippen LogP contribution in [0.5, 0.6) is 5.75 Å². The molecule has 0 atom stereocenters. The summed E-state index contributed by atoms with van der Waals surface area (Å²) in [6.45, 7) is 3.84. The van der Waals surface area contributed by atoms with E-state index in [-0.39, 0.29) is 6.10 Å². The molecule has 1 N–H and O–H groups in total. The van der Waals surface area contributed by atoms with Gasteiger partial charge in [-0.05, 0) is 31.5 Å². The van der Waals surface area contributed by atoms with Gasteiger partial charge in [0.15, 0.2) is 5.75 Å². The average molecular weight is 406 g/mol. The van der Waals surface area contributed by atoms with Gasteiger partial charge in [-0.2, -0.15) is 5.10 Å². The maximum atomic E-state index is 6.24. The maximum absolute atomic E-state index is 6.24. The second kappa shape index (κ2) is 8.54. The smallest absolute Gasteiger partial charge is 0.203 e. The van der Waals surface area contributed by atoms with Gasteiger partial charge in [-0.1, -0.05) is 53.5 Å². The highest BCUT2D eigenvalue weighted by Gasteiger charge is 2.10. The van der Waals surface area contributed by atoms with Crippen molar-refractivity contribution in [3.8, 4) is 17.0 Å². The van der Waals surface area contributed by atoms with E-state index in [0.717, 1.165) is 16.8 Å². The van der Waals surface area contributed by atoms with Crippen LogP contribution in [-0.4, -0.2) is 17.3 Å². The third-order valence-electron chi connectivity index (χ3n) is 3.32. The molecule has 7 heteroatoms. The van der Waals surface area contributed by atoms with E-state index < -0.39 is 0 Å². The van der Waals surface area contributed by atoms with Gasteiger partial charge in [-0.25, -0.2) is 4.98 Å². The fraction of sp³-hybridized carbons (Fsp3) is 0.158. The van der Waals surface area contributed by atoms with Gasteiger partial charge >= 0.3 is 0 Å². The van der Waals surface area contributed by atoms with E-state index in [4.69, 9.17) is 27.9 Å². The van der Waals surface area contributed by atoms with Crippen molar-refractivity contribution >= 4 is 45.9 Å². The summed E-state index contributed by atoms with van der Waals surface area (Å²) in [6, 6.07) is 13.5. The van der Waals surface area contributed by atoms with Crippen LogP contribution in [0, 0.1) is 0 Å². The molecule has 0 bridgehead atoms. The SMILES string of the molecule is CC(C)Oc1c(Cl)cc(/C=N\Nc2nc(-c3ccccc3)cs2)cc1Cl. The molecule has 134 valence electrons. The number of nitrogens with zero attached hydrogens (tertiary/aromatic N) is 2. The lowest BCUT2D eigenvalue weighted by Crippen LogP contribution is -2.06. The average Bonchev–Trinajstić information content (AvgIpc) is 3.08. The predicted octanol–water partition coefficient (Wildman–Crippen LogP) is 6.35. The molecular weight excluding hydrogens is 389 g/mol. The largest absolute Gasteiger partial charge is 0.488 e. The number of benzene rings is 2. The predicted molar refractivity (Wildman–Crippen MR) is 111 cm³/mol. The number of rotatable bonds is 6. The van der Waals surface area contributed by atoms with Crippen molar-refractivity contribution in [2.75, 3.05) is 5.43 Å². The number of hydrazone groups is 1. The van der Waals surface area contributed by atoms with Crippen LogP contribution in [0.2, 0.25) is 10.0 Å². The van der Waals surface area contributed by atoms with Gasteiger partial charge in [0.05, 0.1) is 28.1 Å². The number of ether oxygens (including phenoxy) is 1. The minimum absolute atomic E-state index is 0.00472. The van der Waals surface area contributed by atoms with E-state index in [2.05, 4.69) is 15.5 Å². The molecule has 0 unspecified atom stereocenters. The molecule has 3 rings (SSSR count). The Morgan fingerprint density at radius 3 is 2.50 bits per heavy atom. The van der Waals surface area contributed by atoms with Gasteiger partial charge in [-0.3, -0.25) is 5.43 Å². The molecule has 0 fully saturated rings. The van der Waals surface area contributed by atoms with Crippen LogP contribution < -0.4 is 10.2 Å². The standard InChI is InChI=1S/C19H17Cl2N3OS/c1-12(2)25-18-15(20)8-13(9-16(18)21)10-22-24-19-23-17(11-26-19)14-6-4-3-5-7-14/h3-12H,1-2H3,(H,23,24)/b22-10-. The van der Waals surface area contributed by atoms with E-state index in [1.807, 2.05) is 49.6 Å². The molecule has 3 aromatic rings. The molecule has 0 amide bonds. The molecule has 0 aliphatic heterocycles. The molecule has 0 aliphatic carbocycles. The van der Waals surface area contributed by atoms with Crippen LogP contribution in [0.15, 0.2) is 52.9 Å². The maximum Gasteiger partial charge on any atom is 0.203 e. The van der Waals surface area contributed by atoms with Crippen LogP contribution in [-0.2, 0) is 0 Å². The van der Waals surface area contributed by atoms with E-state index in [1.54, 1.807) is 18.3 Å². The van der Waals surface area contributed by atoms with Crippen molar-refractivity contribution in [3.63, 3.8) is 0 Å².